The van der Waals surface area contributed by atoms with Gasteiger partial charge in [0.15, 0.2) is 0 Å². The van der Waals surface area contributed by atoms with Gasteiger partial charge in [0.25, 0.3) is 0 Å². The van der Waals surface area contributed by atoms with E-state index in [1.54, 1.807) is 18.2 Å². The smallest absolute Gasteiger partial charge is 0.116 e. The Morgan fingerprint density at radius 1 is 0.568 bits per heavy atom. The summed E-state index contributed by atoms with van der Waals surface area (Å²) in [6.07, 6.45) is 1.46. The van der Waals surface area contributed by atoms with Gasteiger partial charge in [-0.15, -0.1) is 11.3 Å². The maximum atomic E-state index is 9.88. The Morgan fingerprint density at radius 2 is 1.20 bits per heavy atom. The van der Waals surface area contributed by atoms with E-state index in [0.29, 0.717) is 16.5 Å². The summed E-state index contributed by atoms with van der Waals surface area (Å²) in [6.45, 7) is 0. The standard InChI is InChI=1S/C41H24N2S/c1-2-10-25(11-3-1)38-40-39(43-24-42-38)32-23-27(19-21-37(32)44-40)26-18-20-36-31(22-26)30-14-6-9-17-35(30)41(36)33-15-7-4-12-28(33)29-13-5-8-16-34(29)41/h1-24H/i4D,5D,6D,7D,8D,9D,12D,13D,14D,15D,16D,17D,18D,20D,22D. The van der Waals surface area contributed by atoms with E-state index in [4.69, 9.17) is 11.0 Å². The fourth-order valence-corrected chi connectivity index (χ4v) is 7.79. The van der Waals surface area contributed by atoms with Crippen molar-refractivity contribution in [1.82, 2.24) is 9.97 Å². The molecule has 0 bridgehead atoms. The zero-order valence-corrected chi connectivity index (χ0v) is 23.3. The molecule has 0 amide bonds. The summed E-state index contributed by atoms with van der Waals surface area (Å²) in [5, 5.41) is 0.678. The number of hydrogen-bond acceptors (Lipinski definition) is 3. The van der Waals surface area contributed by atoms with Gasteiger partial charge in [-0.3, -0.25) is 0 Å². The molecule has 0 N–H and O–H groups in total. The molecular weight excluding hydrogens is 553 g/mol. The van der Waals surface area contributed by atoms with Gasteiger partial charge < -0.3 is 0 Å². The number of aromatic nitrogens is 2. The minimum absolute atomic E-state index is 0.0638. The highest BCUT2D eigenvalue weighted by Gasteiger charge is 2.51. The minimum Gasteiger partial charge on any atom is -0.235 e. The molecule has 2 nitrogen and oxygen atoms in total. The van der Waals surface area contributed by atoms with Crippen LogP contribution in [0.4, 0.5) is 0 Å². The van der Waals surface area contributed by atoms with E-state index in [2.05, 4.69) is 9.97 Å². The Balaban J connectivity index is 1.38. The molecule has 0 saturated heterocycles. The molecule has 0 fully saturated rings. The summed E-state index contributed by atoms with van der Waals surface area (Å²) < 4.78 is 139. The summed E-state index contributed by atoms with van der Waals surface area (Å²) in [7, 11) is 0. The average Bonchev–Trinajstić information content (AvgIpc) is 3.88. The van der Waals surface area contributed by atoms with E-state index in [1.165, 1.54) is 17.7 Å². The second-order valence-electron chi connectivity index (χ2n) is 10.6. The maximum Gasteiger partial charge on any atom is 0.116 e. The lowest BCUT2D eigenvalue weighted by Gasteiger charge is -2.30. The van der Waals surface area contributed by atoms with Crippen LogP contribution in [0.15, 0.2) is 145 Å². The lowest BCUT2D eigenvalue weighted by Crippen LogP contribution is -2.25. The summed E-state index contributed by atoms with van der Waals surface area (Å²) in [6, 6.07) is 4.92. The first kappa shape index (κ1) is 13.9. The quantitative estimate of drug-likeness (QED) is 0.200. The predicted octanol–water partition coefficient (Wildman–Crippen LogP) is 10.5. The maximum absolute atomic E-state index is 9.88. The molecule has 0 saturated carbocycles. The van der Waals surface area contributed by atoms with Crippen LogP contribution in [0.1, 0.15) is 42.8 Å². The van der Waals surface area contributed by atoms with Crippen LogP contribution in [0.2, 0.25) is 0 Å². The lowest BCUT2D eigenvalue weighted by molar-refractivity contribution is 0.794. The molecule has 6 aromatic carbocycles. The molecular formula is C41H24N2S. The topological polar surface area (TPSA) is 25.8 Å². The number of benzene rings is 6. The van der Waals surface area contributed by atoms with Gasteiger partial charge in [-0.05, 0) is 73.8 Å². The van der Waals surface area contributed by atoms with Crippen molar-refractivity contribution in [3.05, 3.63) is 168 Å². The zero-order chi connectivity index (χ0) is 41.9. The number of thiophene rings is 1. The largest absolute Gasteiger partial charge is 0.235 e. The fraction of sp³-hybridized carbons (Fsp3) is 0.0244. The van der Waals surface area contributed by atoms with Crippen LogP contribution in [-0.4, -0.2) is 9.97 Å². The van der Waals surface area contributed by atoms with E-state index >= 15 is 0 Å². The predicted molar refractivity (Wildman–Crippen MR) is 182 cm³/mol. The molecule has 2 aliphatic carbocycles. The van der Waals surface area contributed by atoms with Crippen molar-refractivity contribution in [3.8, 4) is 44.6 Å². The second-order valence-corrected chi connectivity index (χ2v) is 11.6. The van der Waals surface area contributed by atoms with Crippen LogP contribution in [0.25, 0.3) is 64.9 Å². The van der Waals surface area contributed by atoms with E-state index in [1.807, 2.05) is 30.3 Å². The zero-order valence-electron chi connectivity index (χ0n) is 37.5. The van der Waals surface area contributed by atoms with Crippen LogP contribution in [-0.2, 0) is 5.41 Å². The molecule has 3 heteroatoms. The van der Waals surface area contributed by atoms with Gasteiger partial charge in [-0.1, -0.05) is 121 Å². The minimum atomic E-state index is -2.40. The third-order valence-corrected chi connectivity index (χ3v) is 9.63. The summed E-state index contributed by atoms with van der Waals surface area (Å²) in [5.74, 6) is 0. The molecule has 2 aliphatic rings. The van der Waals surface area contributed by atoms with Crippen LogP contribution in [0.5, 0.6) is 0 Å². The van der Waals surface area contributed by atoms with E-state index in [9.17, 15) is 9.60 Å². The first-order valence-electron chi connectivity index (χ1n) is 21.3. The van der Waals surface area contributed by atoms with Gasteiger partial charge >= 0.3 is 0 Å². The number of fused-ring (bicyclic) bond motifs is 13. The van der Waals surface area contributed by atoms with Crippen molar-refractivity contribution in [2.24, 2.45) is 0 Å². The van der Waals surface area contributed by atoms with Crippen LogP contribution in [0.3, 0.4) is 0 Å². The molecule has 0 atom stereocenters. The van der Waals surface area contributed by atoms with E-state index in [0.717, 1.165) is 20.7 Å². The molecule has 8 aromatic rings. The van der Waals surface area contributed by atoms with Gasteiger partial charge in [-0.25, -0.2) is 9.97 Å². The molecule has 44 heavy (non-hydrogen) atoms. The van der Waals surface area contributed by atoms with E-state index < -0.39 is 96.1 Å². The van der Waals surface area contributed by atoms with Gasteiger partial charge in [0.2, 0.25) is 0 Å². The molecule has 10 rings (SSSR count). The lowest BCUT2D eigenvalue weighted by atomic mass is 9.70. The van der Waals surface area contributed by atoms with E-state index in [-0.39, 0.29) is 50.1 Å². The Kier molecular flexibility index (Phi) is 2.79. The highest BCUT2D eigenvalue weighted by molar-refractivity contribution is 7.26. The Labute approximate surface area is 280 Å². The summed E-state index contributed by atoms with van der Waals surface area (Å²) >= 11 is 1.46. The van der Waals surface area contributed by atoms with Crippen LogP contribution >= 0.6 is 11.3 Å². The number of nitrogens with zero attached hydrogens (tertiary/aromatic N) is 2. The van der Waals surface area contributed by atoms with Crippen molar-refractivity contribution >= 4 is 31.6 Å². The second kappa shape index (κ2) is 8.82. The monoisotopic (exact) mass is 591 g/mol. The Bertz CT molecular complexity index is 3220. The molecule has 1 spiro atoms. The van der Waals surface area contributed by atoms with Crippen molar-refractivity contribution in [2.75, 3.05) is 0 Å². The Hall–Kier alpha value is -5.38. The first-order chi connectivity index (χ1) is 28.1. The molecule has 0 radical (unpaired) electrons. The van der Waals surface area contributed by atoms with Crippen molar-refractivity contribution in [3.63, 3.8) is 0 Å². The highest BCUT2D eigenvalue weighted by Crippen LogP contribution is 2.62. The van der Waals surface area contributed by atoms with Gasteiger partial charge in [0.1, 0.15) is 6.33 Å². The summed E-state index contributed by atoms with van der Waals surface area (Å²) in [5.41, 5.74) is -2.41. The molecule has 2 aromatic heterocycles. The molecule has 204 valence electrons. The number of hydrogen-bond donors (Lipinski definition) is 0. The SMILES string of the molecule is [2H]c1c([2H])c([2H])c2c(c1[2H])-c1c([2H])c([2H])c([2H])c([2H])c1C21c2c([2H])c([2H])c([2H])c([2H])c2-c2c([2H])c(-c3ccc4sc5c(-c6ccccc6)ncnc5c4c3)c([2H])c([2H])c21. The van der Waals surface area contributed by atoms with Crippen molar-refractivity contribution in [2.45, 2.75) is 5.41 Å². The normalized spacial score (nSPS) is 18.4. The van der Waals surface area contributed by atoms with Crippen molar-refractivity contribution < 1.29 is 20.6 Å². The molecule has 2 heterocycles. The first-order valence-corrected chi connectivity index (χ1v) is 14.6. The van der Waals surface area contributed by atoms with Crippen LogP contribution < -0.4 is 0 Å². The fourth-order valence-electron chi connectivity index (χ4n) is 6.65. The van der Waals surface area contributed by atoms with Crippen molar-refractivity contribution in [1.29, 1.82) is 0 Å². The van der Waals surface area contributed by atoms with Gasteiger partial charge in [0, 0.05) is 15.6 Å². The third-order valence-electron chi connectivity index (χ3n) is 8.46. The number of rotatable bonds is 2. The average molecular weight is 592 g/mol. The highest BCUT2D eigenvalue weighted by atomic mass is 32.1. The van der Waals surface area contributed by atoms with Gasteiger partial charge in [-0.2, -0.15) is 0 Å². The Morgan fingerprint density at radius 3 is 1.91 bits per heavy atom. The van der Waals surface area contributed by atoms with Gasteiger partial charge in [0.05, 0.1) is 41.9 Å². The molecule has 0 aliphatic heterocycles. The molecule has 0 unspecified atom stereocenters. The summed E-state index contributed by atoms with van der Waals surface area (Å²) in [4.78, 5) is 9.14. The third kappa shape index (κ3) is 3.04. The van der Waals surface area contributed by atoms with Crippen LogP contribution in [0, 0.1) is 0 Å².